The molecule has 3 aromatic carbocycles. The van der Waals surface area contributed by atoms with E-state index in [9.17, 15) is 18.0 Å². The smallest absolute Gasteiger partial charge is 0.327 e. The topological polar surface area (TPSA) is 36.4 Å². The lowest BCUT2D eigenvalue weighted by atomic mass is 9.90. The summed E-state index contributed by atoms with van der Waals surface area (Å²) < 4.78 is 41.7. The van der Waals surface area contributed by atoms with Crippen molar-refractivity contribution in [1.82, 2.24) is 14.8 Å². The van der Waals surface area contributed by atoms with E-state index in [-0.39, 0.29) is 12.6 Å². The fourth-order valence-corrected chi connectivity index (χ4v) is 6.01. The second-order valence-corrected chi connectivity index (χ2v) is 11.0. The molecule has 2 atom stereocenters. The molecule has 1 aromatic heterocycles. The molecule has 1 saturated heterocycles. The molecule has 0 bridgehead atoms. The fourth-order valence-electron chi connectivity index (χ4n) is 5.54. The van der Waals surface area contributed by atoms with Crippen LogP contribution in [0.4, 0.5) is 13.2 Å². The van der Waals surface area contributed by atoms with Gasteiger partial charge in [0.25, 0.3) is 0 Å². The number of benzene rings is 3. The van der Waals surface area contributed by atoms with Gasteiger partial charge in [0, 0.05) is 53.3 Å². The Morgan fingerprint density at radius 2 is 1.73 bits per heavy atom. The van der Waals surface area contributed by atoms with Gasteiger partial charge in [-0.1, -0.05) is 77.8 Å². The average molecular weight is 586 g/mol. The highest BCUT2D eigenvalue weighted by molar-refractivity contribution is 6.35. The van der Waals surface area contributed by atoms with E-state index in [1.807, 2.05) is 60.7 Å². The second kappa shape index (κ2) is 12.2. The van der Waals surface area contributed by atoms with Gasteiger partial charge in [-0.15, -0.1) is 0 Å². The van der Waals surface area contributed by atoms with Gasteiger partial charge in [-0.3, -0.25) is 14.7 Å². The van der Waals surface area contributed by atoms with E-state index >= 15 is 0 Å². The zero-order valence-corrected chi connectivity index (χ0v) is 23.1. The van der Waals surface area contributed by atoms with Gasteiger partial charge in [0.05, 0.1) is 5.52 Å². The number of carbonyl (C=O) groups is 1. The predicted molar refractivity (Wildman–Crippen MR) is 152 cm³/mol. The molecule has 1 amide bonds. The standard InChI is InChI=1S/C31H28Cl2F3N3O/c32-24-11-10-23(28(33)17-24)19-38-15-13-25(18-26(38)16-21-6-2-1-3-7-21)39(30(40)31(34,35)36)20-22-12-14-37-29-9-5-4-8-27(22)29/h1-12,14,17,25-26H,13,15-16,18-20H2/t25-,26+/m0/s1. The number of carbonyl (C=O) groups excluding carboxylic acids is 1. The van der Waals surface area contributed by atoms with Gasteiger partial charge in [0.2, 0.25) is 0 Å². The molecule has 9 heteroatoms. The van der Waals surface area contributed by atoms with Crippen LogP contribution < -0.4 is 0 Å². The lowest BCUT2D eigenvalue weighted by molar-refractivity contribution is -0.190. The number of pyridine rings is 1. The van der Waals surface area contributed by atoms with Crippen molar-refractivity contribution >= 4 is 40.0 Å². The minimum absolute atomic E-state index is 0.106. The average Bonchev–Trinajstić information content (AvgIpc) is 2.94. The van der Waals surface area contributed by atoms with Crippen LogP contribution in [0, 0.1) is 0 Å². The number of fused-ring (bicyclic) bond motifs is 1. The van der Waals surface area contributed by atoms with Gasteiger partial charge in [0.15, 0.2) is 0 Å². The summed E-state index contributed by atoms with van der Waals surface area (Å²) in [4.78, 5) is 20.5. The largest absolute Gasteiger partial charge is 0.471 e. The van der Waals surface area contributed by atoms with Crippen LogP contribution in [0.3, 0.4) is 0 Å². The minimum Gasteiger partial charge on any atom is -0.327 e. The molecular weight excluding hydrogens is 558 g/mol. The Bertz CT molecular complexity index is 1480. The molecule has 208 valence electrons. The lowest BCUT2D eigenvalue weighted by Gasteiger charge is -2.44. The Kier molecular flexibility index (Phi) is 8.64. The quantitative estimate of drug-likeness (QED) is 0.223. The van der Waals surface area contributed by atoms with Crippen LogP contribution in [0.2, 0.25) is 10.0 Å². The first-order valence-electron chi connectivity index (χ1n) is 13.1. The molecule has 5 rings (SSSR count). The number of likely N-dealkylation sites (tertiary alicyclic amines) is 1. The Morgan fingerprint density at radius 1 is 0.975 bits per heavy atom. The molecule has 0 spiro atoms. The van der Waals surface area contributed by atoms with Crippen molar-refractivity contribution < 1.29 is 18.0 Å². The van der Waals surface area contributed by atoms with Gasteiger partial charge < -0.3 is 4.90 Å². The number of rotatable bonds is 7. The monoisotopic (exact) mass is 585 g/mol. The van der Waals surface area contributed by atoms with E-state index in [2.05, 4.69) is 9.88 Å². The predicted octanol–water partition coefficient (Wildman–Crippen LogP) is 7.71. The number of nitrogens with zero attached hydrogens (tertiary/aromatic N) is 3. The highest BCUT2D eigenvalue weighted by Gasteiger charge is 2.46. The Morgan fingerprint density at radius 3 is 2.48 bits per heavy atom. The molecule has 4 aromatic rings. The van der Waals surface area contributed by atoms with E-state index < -0.39 is 18.1 Å². The van der Waals surface area contributed by atoms with Crippen molar-refractivity contribution in [2.45, 2.75) is 50.6 Å². The summed E-state index contributed by atoms with van der Waals surface area (Å²) in [5.74, 6) is -1.81. The Labute approximate surface area is 241 Å². The third-order valence-electron chi connectivity index (χ3n) is 7.54. The van der Waals surface area contributed by atoms with Crippen LogP contribution in [-0.4, -0.2) is 45.5 Å². The molecule has 1 fully saturated rings. The summed E-state index contributed by atoms with van der Waals surface area (Å²) >= 11 is 12.6. The molecule has 40 heavy (non-hydrogen) atoms. The summed E-state index contributed by atoms with van der Waals surface area (Å²) in [5, 5.41) is 1.82. The molecule has 0 unspecified atom stereocenters. The maximum atomic E-state index is 13.9. The number of para-hydroxylation sites is 1. The van der Waals surface area contributed by atoms with Crippen LogP contribution in [0.5, 0.6) is 0 Å². The van der Waals surface area contributed by atoms with E-state index in [0.29, 0.717) is 53.5 Å². The maximum absolute atomic E-state index is 13.9. The molecular formula is C31H28Cl2F3N3O. The molecule has 4 nitrogen and oxygen atoms in total. The molecule has 2 heterocycles. The van der Waals surface area contributed by atoms with Crippen molar-refractivity contribution in [3.8, 4) is 0 Å². The first-order valence-corrected chi connectivity index (χ1v) is 13.9. The molecule has 0 aliphatic carbocycles. The first-order chi connectivity index (χ1) is 19.2. The number of hydrogen-bond donors (Lipinski definition) is 0. The van der Waals surface area contributed by atoms with Crippen molar-refractivity contribution in [3.05, 3.63) is 112 Å². The highest BCUT2D eigenvalue weighted by atomic mass is 35.5. The second-order valence-electron chi connectivity index (χ2n) is 10.1. The van der Waals surface area contributed by atoms with Gasteiger partial charge in [-0.2, -0.15) is 13.2 Å². The number of amides is 1. The normalized spacial score (nSPS) is 18.1. The number of hydrogen-bond acceptors (Lipinski definition) is 3. The number of alkyl halides is 3. The van der Waals surface area contributed by atoms with Crippen LogP contribution in [0.1, 0.15) is 29.5 Å². The molecule has 1 aliphatic rings. The molecule has 0 saturated carbocycles. The van der Waals surface area contributed by atoms with Crippen molar-refractivity contribution in [2.24, 2.45) is 0 Å². The molecule has 0 radical (unpaired) electrons. The number of piperidine rings is 1. The zero-order chi connectivity index (χ0) is 28.3. The first kappa shape index (κ1) is 28.4. The van der Waals surface area contributed by atoms with Crippen molar-refractivity contribution in [3.63, 3.8) is 0 Å². The Hall–Kier alpha value is -3.13. The van der Waals surface area contributed by atoms with E-state index in [1.54, 1.807) is 24.4 Å². The summed E-state index contributed by atoms with van der Waals surface area (Å²) in [6, 6.07) is 23.5. The number of aromatic nitrogens is 1. The summed E-state index contributed by atoms with van der Waals surface area (Å²) in [5.41, 5.74) is 3.29. The van der Waals surface area contributed by atoms with Gasteiger partial charge >= 0.3 is 12.1 Å². The van der Waals surface area contributed by atoms with Gasteiger partial charge in [-0.05, 0) is 60.2 Å². The van der Waals surface area contributed by atoms with E-state index in [1.165, 1.54) is 0 Å². The van der Waals surface area contributed by atoms with Crippen LogP contribution in [-0.2, 0) is 24.3 Å². The molecule has 0 N–H and O–H groups in total. The highest BCUT2D eigenvalue weighted by Crippen LogP contribution is 2.32. The third kappa shape index (κ3) is 6.60. The zero-order valence-electron chi connectivity index (χ0n) is 21.6. The summed E-state index contributed by atoms with van der Waals surface area (Å²) in [7, 11) is 0. The third-order valence-corrected chi connectivity index (χ3v) is 8.12. The van der Waals surface area contributed by atoms with Crippen molar-refractivity contribution in [2.75, 3.05) is 6.54 Å². The Balaban J connectivity index is 1.45. The molecule has 1 aliphatic heterocycles. The van der Waals surface area contributed by atoms with Crippen molar-refractivity contribution in [1.29, 1.82) is 0 Å². The van der Waals surface area contributed by atoms with Gasteiger partial charge in [-0.25, -0.2) is 0 Å². The number of halogens is 5. The summed E-state index contributed by atoms with van der Waals surface area (Å²) in [6.45, 7) is 0.898. The van der Waals surface area contributed by atoms with E-state index in [4.69, 9.17) is 23.2 Å². The van der Waals surface area contributed by atoms with Gasteiger partial charge in [0.1, 0.15) is 0 Å². The van der Waals surface area contributed by atoms with Crippen LogP contribution in [0.25, 0.3) is 10.9 Å². The minimum atomic E-state index is -4.98. The van der Waals surface area contributed by atoms with Crippen LogP contribution in [0.15, 0.2) is 85.1 Å². The maximum Gasteiger partial charge on any atom is 0.471 e. The lowest BCUT2D eigenvalue weighted by Crippen LogP contribution is -2.54. The SMILES string of the molecule is O=C(N(Cc1ccnc2ccccc12)[C@H]1CCN(Cc2ccc(Cl)cc2Cl)[C@H](Cc2ccccc2)C1)C(F)(F)F. The fraction of sp³-hybridized carbons (Fsp3) is 0.290. The van der Waals surface area contributed by atoms with Crippen LogP contribution >= 0.6 is 23.2 Å². The summed E-state index contributed by atoms with van der Waals surface area (Å²) in [6.07, 6.45) is -1.97. The van der Waals surface area contributed by atoms with E-state index in [0.717, 1.165) is 21.4 Å².